The maximum atomic E-state index is 10.3. The van der Waals surface area contributed by atoms with Crippen molar-refractivity contribution in [2.45, 2.75) is 19.4 Å². The molecular formula is C14H20NO5S-. The number of hydrogen-bond donors (Lipinski definition) is 0. The van der Waals surface area contributed by atoms with E-state index in [1.165, 1.54) is 11.1 Å². The Morgan fingerprint density at radius 2 is 1.90 bits per heavy atom. The van der Waals surface area contributed by atoms with Gasteiger partial charge in [-0.25, -0.2) is 4.21 Å². The van der Waals surface area contributed by atoms with Gasteiger partial charge in [-0.3, -0.25) is 4.90 Å². The zero-order valence-electron chi connectivity index (χ0n) is 12.3. The molecule has 1 heterocycles. The van der Waals surface area contributed by atoms with E-state index in [2.05, 4.69) is 9.08 Å². The number of rotatable bonds is 7. The van der Waals surface area contributed by atoms with Crippen LogP contribution in [0.25, 0.3) is 0 Å². The van der Waals surface area contributed by atoms with Crippen LogP contribution in [-0.4, -0.2) is 47.6 Å². The van der Waals surface area contributed by atoms with Crippen molar-refractivity contribution >= 4 is 11.4 Å². The molecule has 118 valence electrons. The predicted molar refractivity (Wildman–Crippen MR) is 78.0 cm³/mol. The molecule has 1 aliphatic heterocycles. The fourth-order valence-corrected chi connectivity index (χ4v) is 2.80. The van der Waals surface area contributed by atoms with Crippen molar-refractivity contribution < 1.29 is 22.4 Å². The quantitative estimate of drug-likeness (QED) is 0.557. The van der Waals surface area contributed by atoms with Crippen LogP contribution in [0.1, 0.15) is 17.5 Å². The largest absolute Gasteiger partial charge is 0.750 e. The molecule has 1 aromatic carbocycles. The second-order valence-corrected chi connectivity index (χ2v) is 5.53. The van der Waals surface area contributed by atoms with Crippen molar-refractivity contribution in [1.82, 2.24) is 4.90 Å². The topological polar surface area (TPSA) is 71.1 Å². The Labute approximate surface area is 127 Å². The Kier molecular flexibility index (Phi) is 5.98. The minimum Gasteiger partial charge on any atom is -0.750 e. The first kappa shape index (κ1) is 16.2. The van der Waals surface area contributed by atoms with E-state index in [9.17, 15) is 8.76 Å². The van der Waals surface area contributed by atoms with Crippen molar-refractivity contribution in [3.8, 4) is 11.5 Å². The highest BCUT2D eigenvalue weighted by Gasteiger charge is 2.19. The molecule has 1 aliphatic rings. The molecule has 0 radical (unpaired) electrons. The Hall–Kier alpha value is -1.15. The van der Waals surface area contributed by atoms with E-state index in [1.54, 1.807) is 14.2 Å². The SMILES string of the molecule is COc1cc2c(cc1OC)CN(CCCOS(=O)[O-])CC2. The number of nitrogens with zero attached hydrogens (tertiary/aromatic N) is 1. The summed E-state index contributed by atoms with van der Waals surface area (Å²) in [7, 11) is 3.27. The summed E-state index contributed by atoms with van der Waals surface area (Å²) in [5, 5.41) is 0. The van der Waals surface area contributed by atoms with Crippen LogP contribution in [0.5, 0.6) is 11.5 Å². The second-order valence-electron chi connectivity index (χ2n) is 4.88. The molecule has 21 heavy (non-hydrogen) atoms. The summed E-state index contributed by atoms with van der Waals surface area (Å²) in [6, 6.07) is 4.05. The summed E-state index contributed by atoms with van der Waals surface area (Å²) >= 11 is -2.42. The molecule has 0 aliphatic carbocycles. The van der Waals surface area contributed by atoms with Crippen LogP contribution in [0, 0.1) is 0 Å². The van der Waals surface area contributed by atoms with Crippen LogP contribution < -0.4 is 9.47 Å². The molecule has 6 nitrogen and oxygen atoms in total. The van der Waals surface area contributed by atoms with E-state index in [0.29, 0.717) is 6.42 Å². The van der Waals surface area contributed by atoms with Gasteiger partial charge in [0, 0.05) is 19.6 Å². The highest BCUT2D eigenvalue weighted by Crippen LogP contribution is 2.33. The lowest BCUT2D eigenvalue weighted by atomic mass is 9.98. The Balaban J connectivity index is 1.95. The minimum atomic E-state index is -2.42. The monoisotopic (exact) mass is 314 g/mol. The lowest BCUT2D eigenvalue weighted by Gasteiger charge is -2.29. The van der Waals surface area contributed by atoms with Gasteiger partial charge in [-0.2, -0.15) is 0 Å². The Morgan fingerprint density at radius 3 is 2.52 bits per heavy atom. The van der Waals surface area contributed by atoms with Crippen LogP contribution in [0.2, 0.25) is 0 Å². The predicted octanol–water partition coefficient (Wildman–Crippen LogP) is 1.26. The number of methoxy groups -OCH3 is 2. The highest BCUT2D eigenvalue weighted by atomic mass is 32.2. The third-order valence-corrected chi connectivity index (χ3v) is 3.95. The molecule has 1 unspecified atom stereocenters. The molecule has 0 N–H and O–H groups in total. The first-order valence-electron chi connectivity index (χ1n) is 6.82. The Morgan fingerprint density at radius 1 is 1.24 bits per heavy atom. The fourth-order valence-electron chi connectivity index (χ4n) is 2.55. The zero-order valence-corrected chi connectivity index (χ0v) is 13.1. The van der Waals surface area contributed by atoms with Crippen LogP contribution in [0.3, 0.4) is 0 Å². The van der Waals surface area contributed by atoms with Gasteiger partial charge in [-0.1, -0.05) is 0 Å². The van der Waals surface area contributed by atoms with Gasteiger partial charge in [-0.15, -0.1) is 0 Å². The maximum Gasteiger partial charge on any atom is 0.161 e. The highest BCUT2D eigenvalue weighted by molar-refractivity contribution is 7.74. The summed E-state index contributed by atoms with van der Waals surface area (Å²) < 4.78 is 35.7. The minimum absolute atomic E-state index is 0.228. The molecule has 0 amide bonds. The molecule has 0 aromatic heterocycles. The van der Waals surface area contributed by atoms with E-state index in [4.69, 9.17) is 9.47 Å². The van der Waals surface area contributed by atoms with Gasteiger partial charge in [0.1, 0.15) is 0 Å². The number of benzene rings is 1. The van der Waals surface area contributed by atoms with Gasteiger partial charge in [0.15, 0.2) is 11.5 Å². The molecule has 7 heteroatoms. The average Bonchev–Trinajstić information content (AvgIpc) is 2.49. The van der Waals surface area contributed by atoms with Crippen LogP contribution >= 0.6 is 0 Å². The number of ether oxygens (including phenoxy) is 2. The first-order valence-corrected chi connectivity index (χ1v) is 7.82. The maximum absolute atomic E-state index is 10.3. The Bertz CT molecular complexity index is 508. The molecule has 0 spiro atoms. The van der Waals surface area contributed by atoms with Crippen molar-refractivity contribution in [2.24, 2.45) is 0 Å². The van der Waals surface area contributed by atoms with Crippen LogP contribution in [0.4, 0.5) is 0 Å². The van der Waals surface area contributed by atoms with Crippen molar-refractivity contribution in [3.63, 3.8) is 0 Å². The van der Waals surface area contributed by atoms with E-state index in [0.717, 1.165) is 37.6 Å². The lowest BCUT2D eigenvalue weighted by molar-refractivity contribution is 0.219. The average molecular weight is 314 g/mol. The van der Waals surface area contributed by atoms with Crippen LogP contribution in [-0.2, 0) is 28.5 Å². The summed E-state index contributed by atoms with van der Waals surface area (Å²) in [6.07, 6.45) is 1.64. The van der Waals surface area contributed by atoms with E-state index in [-0.39, 0.29) is 6.61 Å². The van der Waals surface area contributed by atoms with Crippen LogP contribution in [0.15, 0.2) is 12.1 Å². The standard InChI is InChI=1S/C14H21NO5S/c1-18-13-8-11-4-6-15(5-3-7-20-21(16)17)10-12(11)9-14(13)19-2/h8-9H,3-7,10H2,1-2H3,(H,16,17)/p-1. The normalized spacial score (nSPS) is 16.3. The first-order chi connectivity index (χ1) is 10.1. The zero-order chi connectivity index (χ0) is 15.2. The van der Waals surface area contributed by atoms with Gasteiger partial charge in [0.2, 0.25) is 0 Å². The molecule has 1 aromatic rings. The van der Waals surface area contributed by atoms with E-state index < -0.39 is 11.4 Å². The van der Waals surface area contributed by atoms with Gasteiger partial charge >= 0.3 is 0 Å². The molecule has 0 bridgehead atoms. The molecule has 0 fully saturated rings. The summed E-state index contributed by atoms with van der Waals surface area (Å²) in [5.41, 5.74) is 2.51. The molecule has 1 atom stereocenters. The third kappa shape index (κ3) is 4.41. The lowest BCUT2D eigenvalue weighted by Crippen LogP contribution is -2.32. The van der Waals surface area contributed by atoms with E-state index >= 15 is 0 Å². The van der Waals surface area contributed by atoms with Gasteiger partial charge in [-0.05, 0) is 36.1 Å². The van der Waals surface area contributed by atoms with Crippen molar-refractivity contribution in [1.29, 1.82) is 0 Å². The smallest absolute Gasteiger partial charge is 0.161 e. The van der Waals surface area contributed by atoms with Gasteiger partial charge in [0.05, 0.1) is 32.2 Å². The summed E-state index contributed by atoms with van der Waals surface area (Å²) in [6.45, 7) is 2.81. The summed E-state index contributed by atoms with van der Waals surface area (Å²) in [5.74, 6) is 1.50. The number of fused-ring (bicyclic) bond motifs is 1. The molecule has 0 saturated carbocycles. The second kappa shape index (κ2) is 7.74. The fraction of sp³-hybridized carbons (Fsp3) is 0.571. The third-order valence-electron chi connectivity index (χ3n) is 3.60. The van der Waals surface area contributed by atoms with Crippen molar-refractivity contribution in [2.75, 3.05) is 33.9 Å². The van der Waals surface area contributed by atoms with Crippen molar-refractivity contribution in [3.05, 3.63) is 23.3 Å². The molecule has 2 rings (SSSR count). The van der Waals surface area contributed by atoms with Gasteiger partial charge < -0.3 is 18.2 Å². The molecular weight excluding hydrogens is 294 g/mol. The molecule has 0 saturated heterocycles. The number of hydrogen-bond acceptors (Lipinski definition) is 6. The van der Waals surface area contributed by atoms with E-state index in [1.807, 2.05) is 12.1 Å². The van der Waals surface area contributed by atoms with Gasteiger partial charge in [0.25, 0.3) is 0 Å². The summed E-state index contributed by atoms with van der Waals surface area (Å²) in [4.78, 5) is 2.28.